The number of aldehydes is 1. The van der Waals surface area contributed by atoms with Crippen molar-refractivity contribution in [3.05, 3.63) is 17.7 Å². The van der Waals surface area contributed by atoms with Crippen molar-refractivity contribution < 1.29 is 28.5 Å². The Labute approximate surface area is 111 Å². The third-order valence-corrected chi connectivity index (χ3v) is 2.66. The van der Waals surface area contributed by atoms with Gasteiger partial charge < -0.3 is 23.7 Å². The van der Waals surface area contributed by atoms with Gasteiger partial charge in [-0.1, -0.05) is 0 Å². The van der Waals surface area contributed by atoms with Gasteiger partial charge in [0.2, 0.25) is 0 Å². The molecule has 19 heavy (non-hydrogen) atoms. The highest BCUT2D eigenvalue weighted by molar-refractivity contribution is 5.95. The molecule has 0 saturated carbocycles. The molecule has 1 atom stereocenters. The summed E-state index contributed by atoms with van der Waals surface area (Å²) in [5, 5.41) is 0. The second-order valence-corrected chi connectivity index (χ2v) is 3.58. The monoisotopic (exact) mass is 268 g/mol. The Balaban J connectivity index is 3.45. The first-order chi connectivity index (χ1) is 9.12. The topological polar surface area (TPSA) is 71.1 Å². The average molecular weight is 268 g/mol. The molecule has 1 unspecified atom stereocenters. The fourth-order valence-electron chi connectivity index (χ4n) is 1.71. The van der Waals surface area contributed by atoms with E-state index >= 15 is 0 Å². The zero-order chi connectivity index (χ0) is 14.4. The molecule has 6 heteroatoms. The number of ether oxygens (including phenoxy) is 4. The molecule has 0 N–H and O–H groups in total. The van der Waals surface area contributed by atoms with Crippen molar-refractivity contribution in [2.24, 2.45) is 0 Å². The lowest BCUT2D eigenvalue weighted by molar-refractivity contribution is -0.143. The fourth-order valence-corrected chi connectivity index (χ4v) is 1.71. The van der Waals surface area contributed by atoms with Gasteiger partial charge in [-0.05, 0) is 0 Å². The molecular formula is C13H16O6. The largest absolute Gasteiger partial charge is 0.496 e. The molecule has 0 amide bonds. The SMILES string of the molecule is COC(=O)C(C=O)c1c(OC)cc(OC)cc1OC. The number of methoxy groups -OCH3 is 4. The van der Waals surface area contributed by atoms with E-state index in [0.29, 0.717) is 29.1 Å². The molecule has 0 saturated heterocycles. The molecule has 0 aromatic heterocycles. The molecule has 1 aromatic rings. The van der Waals surface area contributed by atoms with E-state index in [2.05, 4.69) is 4.74 Å². The van der Waals surface area contributed by atoms with Gasteiger partial charge in [0.25, 0.3) is 0 Å². The zero-order valence-corrected chi connectivity index (χ0v) is 11.3. The van der Waals surface area contributed by atoms with E-state index < -0.39 is 11.9 Å². The van der Waals surface area contributed by atoms with Gasteiger partial charge >= 0.3 is 5.97 Å². The highest BCUT2D eigenvalue weighted by atomic mass is 16.5. The maximum Gasteiger partial charge on any atom is 0.320 e. The van der Waals surface area contributed by atoms with Gasteiger partial charge in [0.15, 0.2) is 0 Å². The summed E-state index contributed by atoms with van der Waals surface area (Å²) in [6.45, 7) is 0. The summed E-state index contributed by atoms with van der Waals surface area (Å²) in [7, 11) is 5.56. The highest BCUT2D eigenvalue weighted by Gasteiger charge is 2.29. The van der Waals surface area contributed by atoms with Crippen LogP contribution in [0.15, 0.2) is 12.1 Å². The minimum atomic E-state index is -1.11. The molecule has 0 heterocycles. The Morgan fingerprint density at radius 3 is 1.89 bits per heavy atom. The van der Waals surface area contributed by atoms with Gasteiger partial charge in [-0.2, -0.15) is 0 Å². The van der Waals surface area contributed by atoms with E-state index in [0.717, 1.165) is 0 Å². The van der Waals surface area contributed by atoms with Gasteiger partial charge in [-0.15, -0.1) is 0 Å². The molecular weight excluding hydrogens is 252 g/mol. The molecule has 0 radical (unpaired) electrons. The third-order valence-electron chi connectivity index (χ3n) is 2.66. The average Bonchev–Trinajstić information content (AvgIpc) is 2.47. The van der Waals surface area contributed by atoms with Crippen LogP contribution in [0.5, 0.6) is 17.2 Å². The van der Waals surface area contributed by atoms with Crippen LogP contribution in [0.3, 0.4) is 0 Å². The van der Waals surface area contributed by atoms with E-state index in [1.807, 2.05) is 0 Å². The zero-order valence-electron chi connectivity index (χ0n) is 11.3. The van der Waals surface area contributed by atoms with Crippen LogP contribution in [0.1, 0.15) is 11.5 Å². The Bertz CT molecular complexity index is 443. The predicted octanol–water partition coefficient (Wildman–Crippen LogP) is 1.17. The van der Waals surface area contributed by atoms with E-state index in [4.69, 9.17) is 14.2 Å². The van der Waals surface area contributed by atoms with Crippen LogP contribution in [-0.4, -0.2) is 40.7 Å². The molecule has 0 fully saturated rings. The van der Waals surface area contributed by atoms with Crippen LogP contribution in [0.25, 0.3) is 0 Å². The van der Waals surface area contributed by atoms with Gasteiger partial charge in [0, 0.05) is 12.1 Å². The summed E-state index contributed by atoms with van der Waals surface area (Å²) in [6, 6.07) is 3.13. The van der Waals surface area contributed by atoms with E-state index in [9.17, 15) is 9.59 Å². The van der Waals surface area contributed by atoms with Crippen molar-refractivity contribution in [3.8, 4) is 17.2 Å². The van der Waals surface area contributed by atoms with E-state index in [1.165, 1.54) is 28.4 Å². The molecule has 6 nitrogen and oxygen atoms in total. The van der Waals surface area contributed by atoms with E-state index in [-0.39, 0.29) is 0 Å². The summed E-state index contributed by atoms with van der Waals surface area (Å²) in [5.74, 6) is -0.665. The molecule has 0 aliphatic carbocycles. The number of esters is 1. The minimum absolute atomic E-state index is 0.313. The lowest BCUT2D eigenvalue weighted by Gasteiger charge is -2.17. The standard InChI is InChI=1S/C13H16O6/c1-16-8-5-10(17-2)12(11(6-8)18-3)9(7-14)13(15)19-4/h5-7,9H,1-4H3. The van der Waals surface area contributed by atoms with Crippen LogP contribution >= 0.6 is 0 Å². The van der Waals surface area contributed by atoms with Crippen LogP contribution in [0, 0.1) is 0 Å². The summed E-state index contributed by atoms with van der Waals surface area (Å²) in [5.41, 5.74) is 0.313. The van der Waals surface area contributed by atoms with Crippen molar-refractivity contribution >= 4 is 12.3 Å². The van der Waals surface area contributed by atoms with Crippen molar-refractivity contribution in [2.45, 2.75) is 5.92 Å². The third kappa shape index (κ3) is 2.96. The van der Waals surface area contributed by atoms with Gasteiger partial charge in [0.1, 0.15) is 29.5 Å². The second-order valence-electron chi connectivity index (χ2n) is 3.58. The summed E-state index contributed by atoms with van der Waals surface area (Å²) in [6.07, 6.45) is 0.485. The Hall–Kier alpha value is -2.24. The Kier molecular flexibility index (Phi) is 5.17. The van der Waals surface area contributed by atoms with Crippen LogP contribution in [-0.2, 0) is 14.3 Å². The van der Waals surface area contributed by atoms with E-state index in [1.54, 1.807) is 12.1 Å². The first-order valence-corrected chi connectivity index (χ1v) is 5.45. The Morgan fingerprint density at radius 1 is 1.05 bits per heavy atom. The molecule has 104 valence electrons. The van der Waals surface area contributed by atoms with Crippen LogP contribution in [0.2, 0.25) is 0 Å². The van der Waals surface area contributed by atoms with Crippen molar-refractivity contribution in [1.82, 2.24) is 0 Å². The first kappa shape index (κ1) is 14.8. The van der Waals surface area contributed by atoms with Crippen LogP contribution in [0.4, 0.5) is 0 Å². The van der Waals surface area contributed by atoms with Crippen LogP contribution < -0.4 is 14.2 Å². The molecule has 0 bridgehead atoms. The number of carbonyl (C=O) groups excluding carboxylic acids is 2. The number of rotatable bonds is 6. The summed E-state index contributed by atoms with van der Waals surface area (Å²) >= 11 is 0. The number of carbonyl (C=O) groups is 2. The predicted molar refractivity (Wildman–Crippen MR) is 66.9 cm³/mol. The lowest BCUT2D eigenvalue weighted by atomic mass is 9.98. The Morgan fingerprint density at radius 2 is 1.58 bits per heavy atom. The molecule has 0 spiro atoms. The van der Waals surface area contributed by atoms with Gasteiger partial charge in [-0.3, -0.25) is 4.79 Å². The number of hydrogen-bond acceptors (Lipinski definition) is 6. The minimum Gasteiger partial charge on any atom is -0.496 e. The van der Waals surface area contributed by atoms with Gasteiger partial charge in [-0.25, -0.2) is 0 Å². The second kappa shape index (κ2) is 6.63. The molecule has 1 aromatic carbocycles. The smallest absolute Gasteiger partial charge is 0.320 e. The molecule has 1 rings (SSSR count). The normalized spacial score (nSPS) is 11.4. The molecule has 0 aliphatic rings. The summed E-state index contributed by atoms with van der Waals surface area (Å²) in [4.78, 5) is 22.8. The van der Waals surface area contributed by atoms with Crippen molar-refractivity contribution in [2.75, 3.05) is 28.4 Å². The maximum atomic E-state index is 11.6. The van der Waals surface area contributed by atoms with Crippen molar-refractivity contribution in [3.63, 3.8) is 0 Å². The number of benzene rings is 1. The number of hydrogen-bond donors (Lipinski definition) is 0. The first-order valence-electron chi connectivity index (χ1n) is 5.45. The van der Waals surface area contributed by atoms with Crippen molar-refractivity contribution in [1.29, 1.82) is 0 Å². The lowest BCUT2D eigenvalue weighted by Crippen LogP contribution is -2.17. The molecule has 0 aliphatic heterocycles. The quantitative estimate of drug-likeness (QED) is 0.438. The van der Waals surface area contributed by atoms with Gasteiger partial charge in [0.05, 0.1) is 34.0 Å². The summed E-state index contributed by atoms with van der Waals surface area (Å²) < 4.78 is 20.1. The highest BCUT2D eigenvalue weighted by Crippen LogP contribution is 2.38. The maximum absolute atomic E-state index is 11.6. The fraction of sp³-hybridized carbons (Fsp3) is 0.385.